The summed E-state index contributed by atoms with van der Waals surface area (Å²) in [5, 5.41) is 2.91. The van der Waals surface area contributed by atoms with E-state index in [1.54, 1.807) is 6.07 Å². The lowest BCUT2D eigenvalue weighted by Gasteiger charge is -2.14. The Morgan fingerprint density at radius 3 is 2.56 bits per heavy atom. The predicted molar refractivity (Wildman–Crippen MR) is 59.5 cm³/mol. The van der Waals surface area contributed by atoms with E-state index in [-0.39, 0.29) is 0 Å². The highest BCUT2D eigenvalue weighted by Crippen LogP contribution is 2.20. The fourth-order valence-electron chi connectivity index (χ4n) is 1.43. The van der Waals surface area contributed by atoms with Gasteiger partial charge in [-0.25, -0.2) is 4.84 Å². The molecule has 0 fully saturated rings. The molecule has 0 unspecified atom stereocenters. The molecule has 0 saturated heterocycles. The number of benzene rings is 2. The van der Waals surface area contributed by atoms with Crippen molar-refractivity contribution >= 4 is 17.2 Å². The van der Waals surface area contributed by atoms with Crippen molar-refractivity contribution in [3.05, 3.63) is 42.5 Å². The van der Waals surface area contributed by atoms with Gasteiger partial charge in [-0.1, -0.05) is 30.3 Å². The molecule has 0 heterocycles. The maximum Gasteiger partial charge on any atom is 0.272 e. The average molecular weight is 217 g/mol. The molecule has 2 aromatic rings. The molecule has 4 nitrogen and oxygen atoms in total. The van der Waals surface area contributed by atoms with Crippen LogP contribution in [0.15, 0.2) is 42.5 Å². The second-order valence-electron chi connectivity index (χ2n) is 3.17. The van der Waals surface area contributed by atoms with Gasteiger partial charge in [-0.2, -0.15) is 0 Å². The number of nitrogens with zero attached hydrogens (tertiary/aromatic N) is 1. The topological polar surface area (TPSA) is 38.8 Å². The summed E-state index contributed by atoms with van der Waals surface area (Å²) in [5.41, 5.74) is 0. The smallest absolute Gasteiger partial charge is 0.272 e. The SMILES string of the molecule is CON(C=O)Oc1ccc2ccccc2c1. The van der Waals surface area contributed by atoms with Gasteiger partial charge in [0.1, 0.15) is 0 Å². The van der Waals surface area contributed by atoms with Crippen molar-refractivity contribution in [2.24, 2.45) is 0 Å². The maximum absolute atomic E-state index is 10.5. The average Bonchev–Trinajstić information content (AvgIpc) is 2.35. The Kier molecular flexibility index (Phi) is 3.03. The molecule has 2 aromatic carbocycles. The van der Waals surface area contributed by atoms with Crippen molar-refractivity contribution in [2.75, 3.05) is 7.11 Å². The number of rotatable bonds is 4. The third kappa shape index (κ3) is 2.12. The maximum atomic E-state index is 10.5. The van der Waals surface area contributed by atoms with Gasteiger partial charge in [0.25, 0.3) is 6.41 Å². The van der Waals surface area contributed by atoms with Gasteiger partial charge < -0.3 is 4.84 Å². The van der Waals surface area contributed by atoms with E-state index >= 15 is 0 Å². The lowest BCUT2D eigenvalue weighted by Crippen LogP contribution is -2.24. The molecule has 0 atom stereocenters. The normalized spacial score (nSPS) is 10.1. The van der Waals surface area contributed by atoms with Crippen LogP contribution in [0.3, 0.4) is 0 Å². The number of fused-ring (bicyclic) bond motifs is 1. The van der Waals surface area contributed by atoms with Crippen LogP contribution in [0.1, 0.15) is 0 Å². The van der Waals surface area contributed by atoms with Gasteiger partial charge in [0.2, 0.25) is 0 Å². The first-order chi connectivity index (χ1) is 7.83. The summed E-state index contributed by atoms with van der Waals surface area (Å²) >= 11 is 0. The van der Waals surface area contributed by atoms with Crippen LogP contribution < -0.4 is 4.84 Å². The highest BCUT2D eigenvalue weighted by atomic mass is 16.9. The van der Waals surface area contributed by atoms with Crippen LogP contribution in [0, 0.1) is 0 Å². The Balaban J connectivity index is 2.28. The minimum absolute atomic E-state index is 0.454. The van der Waals surface area contributed by atoms with Crippen LogP contribution in [0.25, 0.3) is 10.8 Å². The fraction of sp³-hybridized carbons (Fsp3) is 0.0833. The number of carbonyl (C=O) groups is 1. The number of hydroxylamine groups is 2. The summed E-state index contributed by atoms with van der Waals surface area (Å²) in [5.74, 6) is 0.549. The molecule has 0 N–H and O–H groups in total. The van der Waals surface area contributed by atoms with Crippen LogP contribution in [-0.2, 0) is 9.63 Å². The van der Waals surface area contributed by atoms with Crippen molar-refractivity contribution in [1.82, 2.24) is 5.23 Å². The van der Waals surface area contributed by atoms with Crippen molar-refractivity contribution in [2.45, 2.75) is 0 Å². The first-order valence-corrected chi connectivity index (χ1v) is 4.79. The van der Waals surface area contributed by atoms with Crippen molar-refractivity contribution in [1.29, 1.82) is 0 Å². The zero-order valence-corrected chi connectivity index (χ0v) is 8.79. The molecule has 0 spiro atoms. The van der Waals surface area contributed by atoms with E-state index in [9.17, 15) is 4.79 Å². The molecule has 1 amide bonds. The summed E-state index contributed by atoms with van der Waals surface area (Å²) < 4.78 is 0. The van der Waals surface area contributed by atoms with Crippen LogP contribution in [-0.4, -0.2) is 18.7 Å². The van der Waals surface area contributed by atoms with E-state index in [0.717, 1.165) is 16.0 Å². The van der Waals surface area contributed by atoms with Gasteiger partial charge in [0.15, 0.2) is 5.75 Å². The van der Waals surface area contributed by atoms with Gasteiger partial charge in [-0.3, -0.25) is 4.79 Å². The van der Waals surface area contributed by atoms with Gasteiger partial charge >= 0.3 is 0 Å². The standard InChI is InChI=1S/C12H11NO3/c1-15-13(9-14)16-12-7-6-10-4-2-3-5-11(10)8-12/h2-9H,1H3. The van der Waals surface area contributed by atoms with Crippen LogP contribution in [0.4, 0.5) is 0 Å². The molecule has 0 aliphatic carbocycles. The second kappa shape index (κ2) is 4.63. The minimum Gasteiger partial charge on any atom is -0.351 e. The lowest BCUT2D eigenvalue weighted by molar-refractivity contribution is -0.270. The Bertz CT molecular complexity index is 498. The van der Waals surface area contributed by atoms with Gasteiger partial charge in [-0.05, 0) is 28.1 Å². The number of carbonyl (C=O) groups excluding carboxylic acids is 1. The minimum atomic E-state index is 0.454. The van der Waals surface area contributed by atoms with Crippen molar-refractivity contribution in [3.8, 4) is 5.75 Å². The zero-order valence-electron chi connectivity index (χ0n) is 8.79. The molecule has 0 aliphatic rings. The van der Waals surface area contributed by atoms with Crippen LogP contribution in [0.2, 0.25) is 0 Å². The van der Waals surface area contributed by atoms with Gasteiger partial charge in [0, 0.05) is 0 Å². The second-order valence-corrected chi connectivity index (χ2v) is 3.17. The molecule has 4 heteroatoms. The third-order valence-electron chi connectivity index (χ3n) is 2.18. The molecule has 0 saturated carbocycles. The monoisotopic (exact) mass is 217 g/mol. The Morgan fingerprint density at radius 2 is 1.88 bits per heavy atom. The molecule has 0 aliphatic heterocycles. The summed E-state index contributed by atoms with van der Waals surface area (Å²) in [7, 11) is 1.36. The predicted octanol–water partition coefficient (Wildman–Crippen LogP) is 2.15. The molecular weight excluding hydrogens is 206 g/mol. The number of hydrogen-bond donors (Lipinski definition) is 0. The lowest BCUT2D eigenvalue weighted by atomic mass is 10.1. The van der Waals surface area contributed by atoms with Crippen LogP contribution >= 0.6 is 0 Å². The van der Waals surface area contributed by atoms with E-state index in [0.29, 0.717) is 12.2 Å². The molecule has 82 valence electrons. The Hall–Kier alpha value is -2.07. The summed E-state index contributed by atoms with van der Waals surface area (Å²) in [6, 6.07) is 13.4. The number of hydrogen-bond acceptors (Lipinski definition) is 3. The Morgan fingerprint density at radius 1 is 1.12 bits per heavy atom. The van der Waals surface area contributed by atoms with Crippen molar-refractivity contribution in [3.63, 3.8) is 0 Å². The highest BCUT2D eigenvalue weighted by molar-refractivity contribution is 5.83. The summed E-state index contributed by atoms with van der Waals surface area (Å²) in [6.07, 6.45) is 0.454. The first-order valence-electron chi connectivity index (χ1n) is 4.79. The van der Waals surface area contributed by atoms with Gasteiger partial charge in [-0.15, -0.1) is 0 Å². The Labute approximate surface area is 92.9 Å². The first kappa shape index (κ1) is 10.4. The van der Waals surface area contributed by atoms with E-state index in [4.69, 9.17) is 4.84 Å². The van der Waals surface area contributed by atoms with E-state index < -0.39 is 0 Å². The molecule has 0 bridgehead atoms. The van der Waals surface area contributed by atoms with E-state index in [1.165, 1.54) is 7.11 Å². The summed E-state index contributed by atoms with van der Waals surface area (Å²) in [6.45, 7) is 0. The highest BCUT2D eigenvalue weighted by Gasteiger charge is 2.03. The fourth-order valence-corrected chi connectivity index (χ4v) is 1.43. The van der Waals surface area contributed by atoms with Crippen LogP contribution in [0.5, 0.6) is 5.75 Å². The molecular formula is C12H11NO3. The molecule has 0 radical (unpaired) electrons. The molecule has 0 aromatic heterocycles. The largest absolute Gasteiger partial charge is 0.351 e. The number of amides is 1. The zero-order chi connectivity index (χ0) is 11.4. The van der Waals surface area contributed by atoms with Crippen molar-refractivity contribution < 1.29 is 14.5 Å². The quantitative estimate of drug-likeness (QED) is 0.581. The van der Waals surface area contributed by atoms with E-state index in [1.807, 2.05) is 36.4 Å². The molecule has 16 heavy (non-hydrogen) atoms. The summed E-state index contributed by atoms with van der Waals surface area (Å²) in [4.78, 5) is 20.3. The molecule has 2 rings (SSSR count). The third-order valence-corrected chi connectivity index (χ3v) is 2.18. The van der Waals surface area contributed by atoms with Gasteiger partial charge in [0.05, 0.1) is 7.11 Å². The van der Waals surface area contributed by atoms with E-state index in [2.05, 4.69) is 4.84 Å².